The Bertz CT molecular complexity index is 443. The van der Waals surface area contributed by atoms with Crippen LogP contribution in [0.3, 0.4) is 0 Å². The predicted molar refractivity (Wildman–Crippen MR) is 66.7 cm³/mol. The minimum atomic E-state index is -0.280. The summed E-state index contributed by atoms with van der Waals surface area (Å²) in [6.07, 6.45) is -0.0900. The van der Waals surface area contributed by atoms with Crippen LogP contribution >= 0.6 is 0 Å². The summed E-state index contributed by atoms with van der Waals surface area (Å²) in [5, 5.41) is 2.66. The molecule has 1 aromatic rings. The molecule has 1 aromatic carbocycles. The first kappa shape index (κ1) is 14.0. The van der Waals surface area contributed by atoms with Gasteiger partial charge in [0.2, 0.25) is 5.91 Å². The number of methoxy groups -OCH3 is 2. The predicted octanol–water partition coefficient (Wildman–Crippen LogP) is 1.30. The third-order valence-electron chi connectivity index (χ3n) is 2.35. The topological polar surface area (TPSA) is 64.6 Å². The van der Waals surface area contributed by atoms with Gasteiger partial charge in [0.25, 0.3) is 0 Å². The van der Waals surface area contributed by atoms with Crippen molar-refractivity contribution in [3.8, 4) is 11.5 Å². The molecule has 1 rings (SSSR count). The van der Waals surface area contributed by atoms with E-state index in [1.165, 1.54) is 6.92 Å². The summed E-state index contributed by atoms with van der Waals surface area (Å²) in [6.45, 7) is 1.74. The molecule has 0 spiro atoms. The minimum Gasteiger partial charge on any atom is -0.493 e. The fourth-order valence-corrected chi connectivity index (χ4v) is 1.48. The number of rotatable bonds is 6. The summed E-state index contributed by atoms with van der Waals surface area (Å²) in [6, 6.07) is 5.38. The molecule has 0 fully saturated rings. The zero-order valence-corrected chi connectivity index (χ0v) is 10.8. The van der Waals surface area contributed by atoms with E-state index in [-0.39, 0.29) is 18.1 Å². The standard InChI is InChI=1S/C13H17NO4/c1-9(15)6-13(16)14-8-10-4-5-11(17-2)12(7-10)18-3/h4-5,7H,6,8H2,1-3H3,(H,14,16). The summed E-state index contributed by atoms with van der Waals surface area (Å²) < 4.78 is 10.3. The Morgan fingerprint density at radius 3 is 2.39 bits per heavy atom. The molecule has 5 nitrogen and oxygen atoms in total. The first-order valence-electron chi connectivity index (χ1n) is 5.54. The minimum absolute atomic E-state index is 0.0900. The molecule has 0 saturated carbocycles. The molecule has 0 unspecified atom stereocenters. The molecule has 18 heavy (non-hydrogen) atoms. The van der Waals surface area contributed by atoms with Crippen LogP contribution in [-0.4, -0.2) is 25.9 Å². The molecule has 0 saturated heterocycles. The normalized spacial score (nSPS) is 9.72. The number of carbonyl (C=O) groups is 2. The molecular weight excluding hydrogens is 234 g/mol. The highest BCUT2D eigenvalue weighted by Crippen LogP contribution is 2.27. The number of Topliss-reactive ketones (excluding diaryl/α,β-unsaturated/α-hetero) is 1. The first-order valence-corrected chi connectivity index (χ1v) is 5.54. The molecular formula is C13H17NO4. The van der Waals surface area contributed by atoms with E-state index in [1.54, 1.807) is 26.4 Å². The number of ether oxygens (including phenoxy) is 2. The number of hydrogen-bond donors (Lipinski definition) is 1. The summed E-state index contributed by atoms with van der Waals surface area (Å²) >= 11 is 0. The number of benzene rings is 1. The highest BCUT2D eigenvalue weighted by atomic mass is 16.5. The van der Waals surface area contributed by atoms with Crippen LogP contribution in [0.2, 0.25) is 0 Å². The molecule has 1 N–H and O–H groups in total. The lowest BCUT2D eigenvalue weighted by atomic mass is 10.2. The van der Waals surface area contributed by atoms with Crippen molar-refractivity contribution in [3.63, 3.8) is 0 Å². The monoisotopic (exact) mass is 251 g/mol. The van der Waals surface area contributed by atoms with Crippen LogP contribution in [0.25, 0.3) is 0 Å². The Balaban J connectivity index is 2.63. The van der Waals surface area contributed by atoms with Crippen molar-refractivity contribution < 1.29 is 19.1 Å². The van der Waals surface area contributed by atoms with Crippen LogP contribution in [0.1, 0.15) is 18.9 Å². The van der Waals surface area contributed by atoms with Crippen LogP contribution in [0.4, 0.5) is 0 Å². The second kappa shape index (κ2) is 6.64. The smallest absolute Gasteiger partial charge is 0.227 e. The van der Waals surface area contributed by atoms with E-state index in [2.05, 4.69) is 5.32 Å². The van der Waals surface area contributed by atoms with Crippen LogP contribution < -0.4 is 14.8 Å². The maximum atomic E-state index is 11.3. The van der Waals surface area contributed by atoms with Gasteiger partial charge in [-0.25, -0.2) is 0 Å². The molecule has 0 radical (unpaired) electrons. The lowest BCUT2D eigenvalue weighted by Crippen LogP contribution is -2.24. The molecule has 0 aliphatic heterocycles. The van der Waals surface area contributed by atoms with Crippen LogP contribution in [-0.2, 0) is 16.1 Å². The van der Waals surface area contributed by atoms with Gasteiger partial charge < -0.3 is 14.8 Å². The molecule has 0 atom stereocenters. The fraction of sp³-hybridized carbons (Fsp3) is 0.385. The van der Waals surface area contributed by atoms with Crippen molar-refractivity contribution in [1.82, 2.24) is 5.32 Å². The molecule has 1 amide bonds. The van der Waals surface area contributed by atoms with E-state index in [4.69, 9.17) is 9.47 Å². The van der Waals surface area contributed by atoms with Gasteiger partial charge >= 0.3 is 0 Å². The lowest BCUT2D eigenvalue weighted by molar-refractivity contribution is -0.127. The van der Waals surface area contributed by atoms with E-state index < -0.39 is 0 Å². The third kappa shape index (κ3) is 4.08. The molecule has 98 valence electrons. The van der Waals surface area contributed by atoms with Crippen LogP contribution in [0.15, 0.2) is 18.2 Å². The van der Waals surface area contributed by atoms with Crippen molar-refractivity contribution in [2.24, 2.45) is 0 Å². The molecule has 0 heterocycles. The molecule has 0 aromatic heterocycles. The summed E-state index contributed by atoms with van der Waals surface area (Å²) in [5.74, 6) is 0.809. The van der Waals surface area contributed by atoms with Gasteiger partial charge in [-0.05, 0) is 24.6 Å². The zero-order valence-electron chi connectivity index (χ0n) is 10.8. The molecule has 5 heteroatoms. The lowest BCUT2D eigenvalue weighted by Gasteiger charge is -2.10. The number of nitrogens with one attached hydrogen (secondary N) is 1. The Morgan fingerprint density at radius 1 is 1.17 bits per heavy atom. The van der Waals surface area contributed by atoms with Crippen molar-refractivity contribution in [2.75, 3.05) is 14.2 Å². The van der Waals surface area contributed by atoms with E-state index in [0.717, 1.165) is 5.56 Å². The van der Waals surface area contributed by atoms with E-state index >= 15 is 0 Å². The van der Waals surface area contributed by atoms with Crippen molar-refractivity contribution >= 4 is 11.7 Å². The maximum Gasteiger partial charge on any atom is 0.227 e. The largest absolute Gasteiger partial charge is 0.493 e. The van der Waals surface area contributed by atoms with Gasteiger partial charge in [0.05, 0.1) is 20.6 Å². The number of carbonyl (C=O) groups excluding carboxylic acids is 2. The molecule has 0 bridgehead atoms. The van der Waals surface area contributed by atoms with Gasteiger partial charge in [-0.1, -0.05) is 6.07 Å². The van der Waals surface area contributed by atoms with Crippen LogP contribution in [0, 0.1) is 0 Å². The number of ketones is 1. The average molecular weight is 251 g/mol. The van der Waals surface area contributed by atoms with E-state index in [0.29, 0.717) is 18.0 Å². The highest BCUT2D eigenvalue weighted by Gasteiger charge is 2.07. The van der Waals surface area contributed by atoms with Gasteiger partial charge in [0, 0.05) is 6.54 Å². The highest BCUT2D eigenvalue weighted by molar-refractivity contribution is 5.96. The third-order valence-corrected chi connectivity index (χ3v) is 2.35. The van der Waals surface area contributed by atoms with E-state index in [9.17, 15) is 9.59 Å². The van der Waals surface area contributed by atoms with Gasteiger partial charge in [-0.2, -0.15) is 0 Å². The van der Waals surface area contributed by atoms with Gasteiger partial charge in [0.1, 0.15) is 5.78 Å². The van der Waals surface area contributed by atoms with Crippen LogP contribution in [0.5, 0.6) is 11.5 Å². The molecule has 0 aliphatic carbocycles. The van der Waals surface area contributed by atoms with Crippen molar-refractivity contribution in [1.29, 1.82) is 0 Å². The fourth-order valence-electron chi connectivity index (χ4n) is 1.48. The zero-order chi connectivity index (χ0) is 13.5. The Kier molecular flexibility index (Phi) is 5.17. The van der Waals surface area contributed by atoms with Crippen molar-refractivity contribution in [2.45, 2.75) is 19.9 Å². The van der Waals surface area contributed by atoms with Gasteiger partial charge in [0.15, 0.2) is 11.5 Å². The van der Waals surface area contributed by atoms with Crippen molar-refractivity contribution in [3.05, 3.63) is 23.8 Å². The number of hydrogen-bond acceptors (Lipinski definition) is 4. The summed E-state index contributed by atoms with van der Waals surface area (Å²) in [5.41, 5.74) is 0.879. The Morgan fingerprint density at radius 2 is 1.83 bits per heavy atom. The second-order valence-corrected chi connectivity index (χ2v) is 3.84. The Hall–Kier alpha value is -2.04. The summed E-state index contributed by atoms with van der Waals surface area (Å²) in [7, 11) is 3.11. The molecule has 0 aliphatic rings. The number of amides is 1. The first-order chi connectivity index (χ1) is 8.56. The SMILES string of the molecule is COc1ccc(CNC(=O)CC(C)=O)cc1OC. The Labute approximate surface area is 106 Å². The summed E-state index contributed by atoms with van der Waals surface area (Å²) in [4.78, 5) is 22.1. The quantitative estimate of drug-likeness (QED) is 0.774. The second-order valence-electron chi connectivity index (χ2n) is 3.84. The average Bonchev–Trinajstić information content (AvgIpc) is 2.35. The maximum absolute atomic E-state index is 11.3. The van der Waals surface area contributed by atoms with E-state index in [1.807, 2.05) is 6.07 Å². The van der Waals surface area contributed by atoms with Gasteiger partial charge in [-0.3, -0.25) is 9.59 Å². The van der Waals surface area contributed by atoms with Gasteiger partial charge in [-0.15, -0.1) is 0 Å².